The summed E-state index contributed by atoms with van der Waals surface area (Å²) in [7, 11) is 0. The van der Waals surface area contributed by atoms with Crippen LogP contribution in [0.1, 0.15) is 25.1 Å². The van der Waals surface area contributed by atoms with Gasteiger partial charge in [-0.15, -0.1) is 11.3 Å². The number of ketones is 1. The standard InChI is InChI=1S/C11H16O2S/c1-9(2)13-6-5-10(12)8-11-4-3-7-14-11/h3-4,7,9H,5-6,8H2,1-2H3. The van der Waals surface area contributed by atoms with Crippen LogP contribution < -0.4 is 0 Å². The van der Waals surface area contributed by atoms with Crippen LogP contribution >= 0.6 is 11.3 Å². The quantitative estimate of drug-likeness (QED) is 0.724. The van der Waals surface area contributed by atoms with Gasteiger partial charge in [0.15, 0.2) is 0 Å². The van der Waals surface area contributed by atoms with Gasteiger partial charge in [-0.05, 0) is 25.3 Å². The third-order valence-corrected chi connectivity index (χ3v) is 2.66. The second-order valence-corrected chi connectivity index (χ2v) is 4.50. The van der Waals surface area contributed by atoms with Crippen molar-refractivity contribution in [2.45, 2.75) is 32.8 Å². The summed E-state index contributed by atoms with van der Waals surface area (Å²) in [4.78, 5) is 12.6. The van der Waals surface area contributed by atoms with Crippen molar-refractivity contribution in [2.24, 2.45) is 0 Å². The van der Waals surface area contributed by atoms with Crippen molar-refractivity contribution in [3.8, 4) is 0 Å². The number of hydrogen-bond acceptors (Lipinski definition) is 3. The Kier molecular flexibility index (Phi) is 4.84. The van der Waals surface area contributed by atoms with E-state index in [1.165, 1.54) is 0 Å². The summed E-state index contributed by atoms with van der Waals surface area (Å²) < 4.78 is 5.31. The molecule has 0 fully saturated rings. The van der Waals surface area contributed by atoms with Gasteiger partial charge in [-0.25, -0.2) is 0 Å². The van der Waals surface area contributed by atoms with Gasteiger partial charge in [0.05, 0.1) is 12.7 Å². The molecule has 14 heavy (non-hydrogen) atoms. The summed E-state index contributed by atoms with van der Waals surface area (Å²) in [5.74, 6) is 0.258. The lowest BCUT2D eigenvalue weighted by atomic mass is 10.2. The number of carbonyl (C=O) groups is 1. The molecule has 78 valence electrons. The molecule has 0 spiro atoms. The van der Waals surface area contributed by atoms with Crippen LogP contribution in [0.15, 0.2) is 17.5 Å². The van der Waals surface area contributed by atoms with E-state index >= 15 is 0 Å². The topological polar surface area (TPSA) is 26.3 Å². The smallest absolute Gasteiger partial charge is 0.140 e. The van der Waals surface area contributed by atoms with E-state index < -0.39 is 0 Å². The molecule has 1 aromatic rings. The van der Waals surface area contributed by atoms with Crippen molar-refractivity contribution in [2.75, 3.05) is 6.61 Å². The zero-order valence-electron chi connectivity index (χ0n) is 8.66. The minimum atomic E-state index is 0.213. The molecule has 3 heteroatoms. The van der Waals surface area contributed by atoms with E-state index in [1.54, 1.807) is 11.3 Å². The maximum absolute atomic E-state index is 11.4. The lowest BCUT2D eigenvalue weighted by Gasteiger charge is -2.05. The van der Waals surface area contributed by atoms with Gasteiger partial charge in [-0.1, -0.05) is 6.07 Å². The van der Waals surface area contributed by atoms with Crippen LogP contribution in [0.4, 0.5) is 0 Å². The van der Waals surface area contributed by atoms with Crippen LogP contribution in [-0.4, -0.2) is 18.5 Å². The second kappa shape index (κ2) is 5.94. The van der Waals surface area contributed by atoms with Crippen molar-refractivity contribution < 1.29 is 9.53 Å². The summed E-state index contributed by atoms with van der Waals surface area (Å²) in [6.45, 7) is 4.50. The Morgan fingerprint density at radius 1 is 1.57 bits per heavy atom. The lowest BCUT2D eigenvalue weighted by molar-refractivity contribution is -0.119. The van der Waals surface area contributed by atoms with Gasteiger partial charge in [-0.2, -0.15) is 0 Å². The van der Waals surface area contributed by atoms with Crippen LogP contribution in [0.25, 0.3) is 0 Å². The van der Waals surface area contributed by atoms with Gasteiger partial charge in [-0.3, -0.25) is 4.79 Å². The molecule has 0 bridgehead atoms. The lowest BCUT2D eigenvalue weighted by Crippen LogP contribution is -2.10. The third kappa shape index (κ3) is 4.53. The molecule has 1 aromatic heterocycles. The van der Waals surface area contributed by atoms with Crippen LogP contribution in [0, 0.1) is 0 Å². The van der Waals surface area contributed by atoms with Crippen molar-refractivity contribution in [3.63, 3.8) is 0 Å². The fourth-order valence-electron chi connectivity index (χ4n) is 1.10. The molecular weight excluding hydrogens is 196 g/mol. The van der Waals surface area contributed by atoms with E-state index in [1.807, 2.05) is 31.4 Å². The van der Waals surface area contributed by atoms with Gasteiger partial charge in [0.25, 0.3) is 0 Å². The normalized spacial score (nSPS) is 10.8. The van der Waals surface area contributed by atoms with Gasteiger partial charge in [0.1, 0.15) is 5.78 Å². The highest BCUT2D eigenvalue weighted by Crippen LogP contribution is 2.10. The molecule has 0 aromatic carbocycles. The van der Waals surface area contributed by atoms with E-state index in [0.717, 1.165) is 4.88 Å². The molecule has 0 amide bonds. The van der Waals surface area contributed by atoms with Crippen LogP contribution in [0.5, 0.6) is 0 Å². The van der Waals surface area contributed by atoms with E-state index in [-0.39, 0.29) is 11.9 Å². The van der Waals surface area contributed by atoms with Crippen LogP contribution in [-0.2, 0) is 16.0 Å². The summed E-state index contributed by atoms with van der Waals surface area (Å²) in [5.41, 5.74) is 0. The Bertz CT molecular complexity index is 265. The summed E-state index contributed by atoms with van der Waals surface area (Å²) in [5, 5.41) is 1.99. The first-order valence-corrected chi connectivity index (χ1v) is 5.72. The van der Waals surface area contributed by atoms with Crippen molar-refractivity contribution in [1.82, 2.24) is 0 Å². The van der Waals surface area contributed by atoms with Gasteiger partial charge in [0, 0.05) is 17.7 Å². The highest BCUT2D eigenvalue weighted by atomic mass is 32.1. The Morgan fingerprint density at radius 3 is 2.93 bits per heavy atom. The zero-order valence-corrected chi connectivity index (χ0v) is 9.47. The number of hydrogen-bond donors (Lipinski definition) is 0. The molecule has 0 unspecified atom stereocenters. The molecule has 1 heterocycles. The number of rotatable bonds is 6. The minimum absolute atomic E-state index is 0.213. The van der Waals surface area contributed by atoms with Crippen molar-refractivity contribution in [3.05, 3.63) is 22.4 Å². The highest BCUT2D eigenvalue weighted by Gasteiger charge is 2.04. The minimum Gasteiger partial charge on any atom is -0.378 e. The van der Waals surface area contributed by atoms with E-state index in [0.29, 0.717) is 19.4 Å². The van der Waals surface area contributed by atoms with Crippen molar-refractivity contribution in [1.29, 1.82) is 0 Å². The SMILES string of the molecule is CC(C)OCCC(=O)Cc1cccs1. The number of thiophene rings is 1. The van der Waals surface area contributed by atoms with E-state index in [4.69, 9.17) is 4.74 Å². The Morgan fingerprint density at radius 2 is 2.36 bits per heavy atom. The Balaban J connectivity index is 2.17. The van der Waals surface area contributed by atoms with Crippen LogP contribution in [0.3, 0.4) is 0 Å². The molecule has 0 saturated heterocycles. The van der Waals surface area contributed by atoms with E-state index in [2.05, 4.69) is 0 Å². The largest absolute Gasteiger partial charge is 0.378 e. The molecule has 0 radical (unpaired) electrons. The molecule has 0 aliphatic carbocycles. The van der Waals surface area contributed by atoms with Crippen LogP contribution in [0.2, 0.25) is 0 Å². The molecule has 0 aliphatic heterocycles. The summed E-state index contributed by atoms with van der Waals surface area (Å²) in [6.07, 6.45) is 1.29. The molecule has 0 saturated carbocycles. The maximum atomic E-state index is 11.4. The van der Waals surface area contributed by atoms with E-state index in [9.17, 15) is 4.79 Å². The Hall–Kier alpha value is -0.670. The predicted molar refractivity (Wildman–Crippen MR) is 58.7 cm³/mol. The highest BCUT2D eigenvalue weighted by molar-refractivity contribution is 7.10. The average molecular weight is 212 g/mol. The molecule has 2 nitrogen and oxygen atoms in total. The van der Waals surface area contributed by atoms with Gasteiger partial charge < -0.3 is 4.74 Å². The molecule has 0 aliphatic rings. The predicted octanol–water partition coefficient (Wildman–Crippen LogP) is 2.67. The Labute approximate surface area is 88.9 Å². The average Bonchev–Trinajstić information content (AvgIpc) is 2.56. The molecule has 0 atom stereocenters. The first-order valence-electron chi connectivity index (χ1n) is 4.84. The third-order valence-electron chi connectivity index (χ3n) is 1.78. The number of carbonyl (C=O) groups excluding carboxylic acids is 1. The fourth-order valence-corrected chi connectivity index (χ4v) is 1.84. The second-order valence-electron chi connectivity index (χ2n) is 3.46. The van der Waals surface area contributed by atoms with Gasteiger partial charge in [0.2, 0.25) is 0 Å². The molecule has 1 rings (SSSR count). The zero-order chi connectivity index (χ0) is 10.4. The first kappa shape index (κ1) is 11.4. The molecule has 0 N–H and O–H groups in total. The van der Waals surface area contributed by atoms with Crippen molar-refractivity contribution >= 4 is 17.1 Å². The molecular formula is C11H16O2S. The fraction of sp³-hybridized carbons (Fsp3) is 0.545. The summed E-state index contributed by atoms with van der Waals surface area (Å²) in [6, 6.07) is 3.96. The maximum Gasteiger partial charge on any atom is 0.140 e. The monoisotopic (exact) mass is 212 g/mol. The number of ether oxygens (including phenoxy) is 1. The van der Waals surface area contributed by atoms with Gasteiger partial charge >= 0.3 is 0 Å². The summed E-state index contributed by atoms with van der Waals surface area (Å²) >= 11 is 1.63. The number of Topliss-reactive ketones (excluding diaryl/α,β-unsaturated/α-hetero) is 1. The first-order chi connectivity index (χ1) is 6.68.